The molecular formula is C10H14ClPS2. The van der Waals surface area contributed by atoms with Gasteiger partial charge in [-0.05, 0) is 12.2 Å². The van der Waals surface area contributed by atoms with E-state index in [1.54, 1.807) is 11.4 Å². The van der Waals surface area contributed by atoms with E-state index in [9.17, 15) is 0 Å². The van der Waals surface area contributed by atoms with Crippen LogP contribution in [0.2, 0.25) is 0 Å². The summed E-state index contributed by atoms with van der Waals surface area (Å²) in [6.07, 6.45) is 2.40. The van der Waals surface area contributed by atoms with Crippen molar-refractivity contribution in [2.75, 3.05) is 5.75 Å². The Balaban J connectivity index is 2.62. The van der Waals surface area contributed by atoms with Crippen LogP contribution in [0.4, 0.5) is 0 Å². The normalized spacial score (nSPS) is 15.0. The molecule has 1 aromatic carbocycles. The highest BCUT2D eigenvalue weighted by atomic mass is 35.7. The van der Waals surface area contributed by atoms with Crippen molar-refractivity contribution in [3.05, 3.63) is 30.3 Å². The smallest absolute Gasteiger partial charge is 0.105 e. The van der Waals surface area contributed by atoms with Crippen molar-refractivity contribution in [3.63, 3.8) is 0 Å². The Hall–Kier alpha value is 0.510. The van der Waals surface area contributed by atoms with E-state index < -0.39 is 4.59 Å². The largest absolute Gasteiger partial charge is 0.116 e. The molecule has 0 radical (unpaired) electrons. The van der Waals surface area contributed by atoms with Crippen LogP contribution in [0, 0.1) is 0 Å². The van der Waals surface area contributed by atoms with Gasteiger partial charge in [0, 0.05) is 5.30 Å². The molecule has 0 heterocycles. The average Bonchev–Trinajstić information content (AvgIpc) is 2.19. The first-order chi connectivity index (χ1) is 6.67. The van der Waals surface area contributed by atoms with Crippen LogP contribution in [0.3, 0.4) is 0 Å². The van der Waals surface area contributed by atoms with E-state index in [4.69, 9.17) is 23.0 Å². The lowest BCUT2D eigenvalue weighted by atomic mass is 10.4. The Kier molecular flexibility index (Phi) is 5.54. The number of benzene rings is 1. The Morgan fingerprint density at radius 3 is 2.57 bits per heavy atom. The third kappa shape index (κ3) is 3.94. The summed E-state index contributed by atoms with van der Waals surface area (Å²) in [4.78, 5) is 0. The van der Waals surface area contributed by atoms with Gasteiger partial charge in [0.2, 0.25) is 0 Å². The molecule has 1 rings (SSSR count). The molecule has 0 bridgehead atoms. The van der Waals surface area contributed by atoms with E-state index in [0.717, 1.165) is 11.1 Å². The second kappa shape index (κ2) is 6.17. The van der Waals surface area contributed by atoms with E-state index in [1.165, 1.54) is 12.8 Å². The molecule has 0 aliphatic carbocycles. The molecule has 4 heteroatoms. The molecule has 0 aliphatic heterocycles. The second-order valence-electron chi connectivity index (χ2n) is 3.00. The predicted octanol–water partition coefficient (Wildman–Crippen LogP) is 4.39. The van der Waals surface area contributed by atoms with Gasteiger partial charge in [0.05, 0.1) is 0 Å². The van der Waals surface area contributed by atoms with E-state index in [1.807, 2.05) is 30.3 Å². The summed E-state index contributed by atoms with van der Waals surface area (Å²) in [6.45, 7) is 2.18. The quantitative estimate of drug-likeness (QED) is 0.571. The zero-order valence-electron chi connectivity index (χ0n) is 8.15. The number of halogens is 1. The number of hydrogen-bond acceptors (Lipinski definition) is 2. The fraction of sp³-hybridized carbons (Fsp3) is 0.400. The van der Waals surface area contributed by atoms with Crippen molar-refractivity contribution >= 4 is 44.3 Å². The molecule has 1 aromatic rings. The number of unbranched alkanes of at least 4 members (excludes halogenated alkanes) is 1. The molecule has 0 aliphatic rings. The lowest BCUT2D eigenvalue weighted by Crippen LogP contribution is -1.96. The number of hydrogen-bond donors (Lipinski definition) is 0. The molecule has 1 unspecified atom stereocenters. The summed E-state index contributed by atoms with van der Waals surface area (Å²) in [5, 5.41) is 1.12. The van der Waals surface area contributed by atoms with E-state index >= 15 is 0 Å². The van der Waals surface area contributed by atoms with Crippen LogP contribution in [0.1, 0.15) is 19.8 Å². The highest BCUT2D eigenvalue weighted by Crippen LogP contribution is 2.62. The van der Waals surface area contributed by atoms with Crippen molar-refractivity contribution in [1.82, 2.24) is 0 Å². The maximum Gasteiger partial charge on any atom is 0.116 e. The minimum atomic E-state index is -1.85. The summed E-state index contributed by atoms with van der Waals surface area (Å²) in [6, 6.07) is 10.1. The highest BCUT2D eigenvalue weighted by molar-refractivity contribution is 8.80. The van der Waals surface area contributed by atoms with Crippen molar-refractivity contribution in [2.45, 2.75) is 19.8 Å². The third-order valence-corrected chi connectivity index (χ3v) is 8.76. The van der Waals surface area contributed by atoms with E-state index in [-0.39, 0.29) is 0 Å². The lowest BCUT2D eigenvalue weighted by Gasteiger charge is -2.13. The minimum absolute atomic E-state index is 1.08. The van der Waals surface area contributed by atoms with Crippen LogP contribution >= 0.6 is 27.2 Å². The van der Waals surface area contributed by atoms with Crippen LogP contribution in [-0.4, -0.2) is 5.75 Å². The van der Waals surface area contributed by atoms with Crippen LogP contribution in [0.15, 0.2) is 30.3 Å². The zero-order chi connectivity index (χ0) is 10.4. The molecule has 1 atom stereocenters. The van der Waals surface area contributed by atoms with E-state index in [0.29, 0.717) is 0 Å². The summed E-state index contributed by atoms with van der Waals surface area (Å²) < 4.78 is -1.85. The topological polar surface area (TPSA) is 0 Å². The van der Waals surface area contributed by atoms with Gasteiger partial charge in [0.25, 0.3) is 0 Å². The Morgan fingerprint density at radius 1 is 1.36 bits per heavy atom. The summed E-state index contributed by atoms with van der Waals surface area (Å²) in [5.74, 6) is 1.08. The van der Waals surface area contributed by atoms with Crippen LogP contribution < -0.4 is 5.30 Å². The second-order valence-corrected chi connectivity index (χ2v) is 12.6. The molecule has 0 fully saturated rings. The first-order valence-corrected chi connectivity index (χ1v) is 9.96. The van der Waals surface area contributed by atoms with E-state index in [2.05, 4.69) is 6.92 Å². The van der Waals surface area contributed by atoms with Gasteiger partial charge < -0.3 is 0 Å². The van der Waals surface area contributed by atoms with Crippen molar-refractivity contribution < 1.29 is 0 Å². The van der Waals surface area contributed by atoms with Gasteiger partial charge in [-0.1, -0.05) is 66.7 Å². The first kappa shape index (κ1) is 12.6. The Labute approximate surface area is 100.0 Å². The Morgan fingerprint density at radius 2 is 2.00 bits per heavy atom. The Bertz CT molecular complexity index is 313. The van der Waals surface area contributed by atoms with Crippen molar-refractivity contribution in [3.8, 4) is 0 Å². The molecule has 0 nitrogen and oxygen atoms in total. The molecule has 0 spiro atoms. The SMILES string of the molecule is CCCCSP(=S)(Cl)c1ccccc1. The van der Waals surface area contributed by atoms with Crippen LogP contribution in [-0.2, 0) is 11.8 Å². The molecule has 0 amide bonds. The third-order valence-electron chi connectivity index (χ3n) is 1.82. The monoisotopic (exact) mass is 264 g/mol. The van der Waals surface area contributed by atoms with Gasteiger partial charge >= 0.3 is 0 Å². The van der Waals surface area contributed by atoms with Gasteiger partial charge in [-0.25, -0.2) is 0 Å². The molecular weight excluding hydrogens is 251 g/mol. The predicted molar refractivity (Wildman–Crippen MR) is 73.6 cm³/mol. The maximum absolute atomic E-state index is 6.39. The van der Waals surface area contributed by atoms with Gasteiger partial charge in [0.15, 0.2) is 0 Å². The van der Waals surface area contributed by atoms with Gasteiger partial charge in [-0.2, -0.15) is 0 Å². The highest BCUT2D eigenvalue weighted by Gasteiger charge is 2.15. The van der Waals surface area contributed by atoms with Crippen molar-refractivity contribution in [2.24, 2.45) is 0 Å². The summed E-state index contributed by atoms with van der Waals surface area (Å²) in [7, 11) is 0. The molecule has 78 valence electrons. The zero-order valence-corrected chi connectivity index (χ0v) is 11.4. The summed E-state index contributed by atoms with van der Waals surface area (Å²) >= 11 is 13.6. The standard InChI is InChI=1S/C10H14ClPS2/c1-2-3-9-14-12(11,13)10-7-5-4-6-8-10/h4-8H,2-3,9H2,1H3. The molecule has 0 saturated carbocycles. The van der Waals surface area contributed by atoms with Crippen LogP contribution in [0.5, 0.6) is 0 Å². The lowest BCUT2D eigenvalue weighted by molar-refractivity contribution is 0.898. The molecule has 0 aromatic heterocycles. The minimum Gasteiger partial charge on any atom is -0.105 e. The summed E-state index contributed by atoms with van der Waals surface area (Å²) in [5.41, 5.74) is 0. The molecule has 14 heavy (non-hydrogen) atoms. The van der Waals surface area contributed by atoms with Gasteiger partial charge in [-0.3, -0.25) is 0 Å². The fourth-order valence-corrected chi connectivity index (χ4v) is 6.24. The van der Waals surface area contributed by atoms with Crippen LogP contribution in [0.25, 0.3) is 0 Å². The average molecular weight is 265 g/mol. The maximum atomic E-state index is 6.39. The van der Waals surface area contributed by atoms with Gasteiger partial charge in [-0.15, -0.1) is 11.4 Å². The molecule has 0 N–H and O–H groups in total. The first-order valence-electron chi connectivity index (χ1n) is 4.66. The molecule has 0 saturated heterocycles. The fourth-order valence-electron chi connectivity index (χ4n) is 1.01. The number of rotatable bonds is 5. The van der Waals surface area contributed by atoms with Gasteiger partial charge in [0.1, 0.15) is 4.59 Å². The van der Waals surface area contributed by atoms with Crippen molar-refractivity contribution in [1.29, 1.82) is 0 Å².